The molecule has 1 saturated heterocycles. The lowest BCUT2D eigenvalue weighted by Gasteiger charge is -2.42. The van der Waals surface area contributed by atoms with Gasteiger partial charge in [-0.2, -0.15) is 0 Å². The van der Waals surface area contributed by atoms with Crippen molar-refractivity contribution >= 4 is 38.9 Å². The first-order chi connectivity index (χ1) is 14.1. The van der Waals surface area contributed by atoms with E-state index in [1.165, 1.54) is 11.3 Å². The van der Waals surface area contributed by atoms with Gasteiger partial charge in [-0.05, 0) is 36.6 Å². The fourth-order valence-corrected chi connectivity index (χ4v) is 6.02. The first kappa shape index (κ1) is 18.9. The number of hydrogen-bond donors (Lipinski definition) is 1. The van der Waals surface area contributed by atoms with Crippen LogP contribution in [0.25, 0.3) is 10.1 Å². The number of aromatic nitrogens is 1. The number of benzene rings is 1. The number of carbonyl (C=O) groups is 1. The van der Waals surface area contributed by atoms with Crippen LogP contribution in [0.15, 0.2) is 47.3 Å². The van der Waals surface area contributed by atoms with E-state index in [0.29, 0.717) is 28.3 Å². The zero-order valence-corrected chi connectivity index (χ0v) is 17.5. The van der Waals surface area contributed by atoms with E-state index in [0.717, 1.165) is 48.4 Å². The van der Waals surface area contributed by atoms with Crippen LogP contribution in [0.5, 0.6) is 0 Å². The maximum absolute atomic E-state index is 12.6. The molecule has 2 aliphatic heterocycles. The number of nitrogens with one attached hydrogen (secondary N) is 1. The Balaban J connectivity index is 1.21. The van der Waals surface area contributed by atoms with E-state index < -0.39 is 0 Å². The summed E-state index contributed by atoms with van der Waals surface area (Å²) in [6.45, 7) is 4.15. The van der Waals surface area contributed by atoms with Crippen molar-refractivity contribution in [3.8, 4) is 0 Å². The molecule has 2 unspecified atom stereocenters. The van der Waals surface area contributed by atoms with Gasteiger partial charge in [0, 0.05) is 65.5 Å². The quantitative estimate of drug-likeness (QED) is 0.692. The first-order valence-corrected chi connectivity index (χ1v) is 11.2. The number of likely N-dealkylation sites (tertiary alicyclic amines) is 1. The molecule has 5 nitrogen and oxygen atoms in total. The second kappa shape index (κ2) is 7.59. The molecule has 0 spiro atoms. The van der Waals surface area contributed by atoms with Crippen LogP contribution < -0.4 is 10.9 Å². The second-order valence-corrected chi connectivity index (χ2v) is 9.47. The van der Waals surface area contributed by atoms with Crippen molar-refractivity contribution in [2.45, 2.75) is 18.9 Å². The molecule has 1 fully saturated rings. The van der Waals surface area contributed by atoms with Gasteiger partial charge >= 0.3 is 0 Å². The van der Waals surface area contributed by atoms with Gasteiger partial charge < -0.3 is 14.8 Å². The Morgan fingerprint density at radius 3 is 2.90 bits per heavy atom. The fourth-order valence-electron chi connectivity index (χ4n) is 4.73. The summed E-state index contributed by atoms with van der Waals surface area (Å²) in [4.78, 5) is 27.8. The van der Waals surface area contributed by atoms with Crippen molar-refractivity contribution in [1.29, 1.82) is 0 Å². The number of amides is 1. The van der Waals surface area contributed by atoms with Gasteiger partial charge in [0.05, 0.1) is 4.88 Å². The molecule has 1 N–H and O–H groups in total. The lowest BCUT2D eigenvalue weighted by molar-refractivity contribution is 0.0931. The third kappa shape index (κ3) is 3.61. The topological polar surface area (TPSA) is 54.3 Å². The number of thiophene rings is 1. The Morgan fingerprint density at radius 1 is 1.17 bits per heavy atom. The van der Waals surface area contributed by atoms with Gasteiger partial charge in [-0.15, -0.1) is 11.3 Å². The highest BCUT2D eigenvalue weighted by Gasteiger charge is 2.34. The zero-order chi connectivity index (χ0) is 20.0. The van der Waals surface area contributed by atoms with Gasteiger partial charge in [0.2, 0.25) is 0 Å². The monoisotopic (exact) mass is 427 g/mol. The first-order valence-electron chi connectivity index (χ1n) is 9.97. The molecule has 0 aliphatic carbocycles. The molecule has 4 heterocycles. The molecule has 2 aromatic heterocycles. The van der Waals surface area contributed by atoms with Crippen LogP contribution in [-0.2, 0) is 6.54 Å². The summed E-state index contributed by atoms with van der Waals surface area (Å²) in [7, 11) is 0. The summed E-state index contributed by atoms with van der Waals surface area (Å²) < 4.78 is 2.98. The van der Waals surface area contributed by atoms with Crippen molar-refractivity contribution < 1.29 is 4.79 Å². The number of pyridine rings is 1. The van der Waals surface area contributed by atoms with Crippen LogP contribution in [0.3, 0.4) is 0 Å². The Hall–Kier alpha value is -2.15. The highest BCUT2D eigenvalue weighted by Crippen LogP contribution is 2.35. The molecule has 0 saturated carbocycles. The summed E-state index contributed by atoms with van der Waals surface area (Å²) in [6.07, 6.45) is 1.15. The maximum atomic E-state index is 12.6. The molecule has 1 aromatic carbocycles. The van der Waals surface area contributed by atoms with E-state index in [9.17, 15) is 9.59 Å². The van der Waals surface area contributed by atoms with Crippen LogP contribution in [-0.4, -0.2) is 41.6 Å². The van der Waals surface area contributed by atoms with Crippen molar-refractivity contribution in [2.24, 2.45) is 5.92 Å². The Bertz CT molecular complexity index is 1140. The van der Waals surface area contributed by atoms with Crippen LogP contribution in [0, 0.1) is 5.92 Å². The fraction of sp³-hybridized carbons (Fsp3) is 0.364. The summed E-state index contributed by atoms with van der Waals surface area (Å²) in [5.74, 6) is 0.856. The molecular formula is C22H22ClN3O2S. The van der Waals surface area contributed by atoms with E-state index in [-0.39, 0.29) is 11.5 Å². The van der Waals surface area contributed by atoms with Crippen molar-refractivity contribution in [1.82, 2.24) is 14.8 Å². The average molecular weight is 428 g/mol. The maximum Gasteiger partial charge on any atom is 0.261 e. The van der Waals surface area contributed by atoms with E-state index in [1.807, 2.05) is 34.9 Å². The molecule has 150 valence electrons. The molecule has 7 heteroatoms. The standard InChI is InChI=1S/C22H22ClN3O2S/c23-17-3-1-5-19-16(17)10-20(29-19)22(28)24-7-8-25-11-14-9-15(13-25)18-4-2-6-21(27)26(18)12-14/h1-6,10,14-15H,7-9,11-13H2,(H,24,28). The van der Waals surface area contributed by atoms with Crippen LogP contribution in [0.1, 0.15) is 27.7 Å². The molecular weight excluding hydrogens is 406 g/mol. The molecule has 2 atom stereocenters. The SMILES string of the molecule is O=C(NCCN1CC2CC(C1)c1cccc(=O)n1C2)c1cc2c(Cl)cccc2s1. The third-order valence-corrected chi connectivity index (χ3v) is 7.43. The lowest BCUT2D eigenvalue weighted by Crippen LogP contribution is -2.48. The number of piperidine rings is 1. The lowest BCUT2D eigenvalue weighted by atomic mass is 9.83. The Labute approximate surface area is 177 Å². The van der Waals surface area contributed by atoms with Gasteiger partial charge in [0.25, 0.3) is 11.5 Å². The highest BCUT2D eigenvalue weighted by molar-refractivity contribution is 7.20. The smallest absolute Gasteiger partial charge is 0.261 e. The molecule has 2 bridgehead atoms. The number of halogens is 1. The third-order valence-electron chi connectivity index (χ3n) is 6.00. The minimum Gasteiger partial charge on any atom is -0.350 e. The number of fused-ring (bicyclic) bond motifs is 5. The zero-order valence-electron chi connectivity index (χ0n) is 15.9. The molecule has 2 aliphatic rings. The average Bonchev–Trinajstić information content (AvgIpc) is 3.15. The summed E-state index contributed by atoms with van der Waals surface area (Å²) >= 11 is 7.69. The summed E-state index contributed by atoms with van der Waals surface area (Å²) in [5.41, 5.74) is 1.27. The largest absolute Gasteiger partial charge is 0.350 e. The van der Waals surface area contributed by atoms with E-state index in [1.54, 1.807) is 6.07 Å². The predicted molar refractivity (Wildman–Crippen MR) is 117 cm³/mol. The van der Waals surface area contributed by atoms with E-state index >= 15 is 0 Å². The Kier molecular flexibility index (Phi) is 4.94. The van der Waals surface area contributed by atoms with E-state index in [2.05, 4.69) is 16.3 Å². The molecule has 3 aromatic rings. The van der Waals surface area contributed by atoms with Crippen molar-refractivity contribution in [2.75, 3.05) is 26.2 Å². The minimum atomic E-state index is -0.0450. The number of carbonyl (C=O) groups excluding carboxylic acids is 1. The van der Waals surface area contributed by atoms with Gasteiger partial charge in [0.1, 0.15) is 0 Å². The van der Waals surface area contributed by atoms with E-state index in [4.69, 9.17) is 11.6 Å². The summed E-state index contributed by atoms with van der Waals surface area (Å²) in [5, 5.41) is 4.66. The predicted octanol–water partition coefficient (Wildman–Crippen LogP) is 3.57. The minimum absolute atomic E-state index is 0.0450. The highest BCUT2D eigenvalue weighted by atomic mass is 35.5. The summed E-state index contributed by atoms with van der Waals surface area (Å²) in [6, 6.07) is 13.2. The van der Waals surface area contributed by atoms with Gasteiger partial charge in [-0.25, -0.2) is 0 Å². The molecule has 0 radical (unpaired) electrons. The molecule has 1 amide bonds. The van der Waals surface area contributed by atoms with Crippen molar-refractivity contribution in [3.05, 3.63) is 68.4 Å². The van der Waals surface area contributed by atoms with Gasteiger partial charge in [-0.3, -0.25) is 9.59 Å². The van der Waals surface area contributed by atoms with Crippen LogP contribution in [0.2, 0.25) is 5.02 Å². The number of hydrogen-bond acceptors (Lipinski definition) is 4. The molecule has 29 heavy (non-hydrogen) atoms. The normalized spacial score (nSPS) is 21.1. The van der Waals surface area contributed by atoms with Crippen LogP contribution >= 0.6 is 22.9 Å². The van der Waals surface area contributed by atoms with Crippen LogP contribution in [0.4, 0.5) is 0 Å². The van der Waals surface area contributed by atoms with Crippen molar-refractivity contribution in [3.63, 3.8) is 0 Å². The van der Waals surface area contributed by atoms with Gasteiger partial charge in [0.15, 0.2) is 0 Å². The van der Waals surface area contributed by atoms with Gasteiger partial charge in [-0.1, -0.05) is 23.7 Å². The second-order valence-electron chi connectivity index (χ2n) is 7.98. The number of rotatable bonds is 4. The molecule has 5 rings (SSSR count). The number of nitrogens with zero attached hydrogens (tertiary/aromatic N) is 2. The Morgan fingerprint density at radius 2 is 2.03 bits per heavy atom.